The van der Waals surface area contributed by atoms with E-state index in [1.165, 1.54) is 12.1 Å². The highest BCUT2D eigenvalue weighted by Crippen LogP contribution is 2.29. The molecule has 0 bridgehead atoms. The number of carbonyl (C=O) groups excluding carboxylic acids is 1. The first kappa shape index (κ1) is 14.1. The minimum Gasteiger partial charge on any atom is -0.302 e. The summed E-state index contributed by atoms with van der Waals surface area (Å²) in [6, 6.07) is 5.44. The Kier molecular flexibility index (Phi) is 4.24. The van der Waals surface area contributed by atoms with E-state index in [9.17, 15) is 18.0 Å². The van der Waals surface area contributed by atoms with Gasteiger partial charge in [0.05, 0.1) is 5.56 Å². The van der Waals surface area contributed by atoms with Crippen molar-refractivity contribution in [2.24, 2.45) is 0 Å². The van der Waals surface area contributed by atoms with E-state index in [0.29, 0.717) is 31.4 Å². The zero-order valence-electron chi connectivity index (χ0n) is 10.5. The van der Waals surface area contributed by atoms with E-state index >= 15 is 0 Å². The Bertz CT molecular complexity index is 446. The number of hydrogen-bond acceptors (Lipinski definition) is 2. The lowest BCUT2D eigenvalue weighted by molar-refractivity contribution is -0.137. The van der Waals surface area contributed by atoms with Gasteiger partial charge >= 0.3 is 6.18 Å². The molecule has 0 unspecified atom stereocenters. The first-order chi connectivity index (χ1) is 8.95. The molecule has 0 saturated carbocycles. The first-order valence-electron chi connectivity index (χ1n) is 6.35. The van der Waals surface area contributed by atoms with E-state index in [1.54, 1.807) is 6.07 Å². The number of hydrogen-bond donors (Lipinski definition) is 0. The van der Waals surface area contributed by atoms with Crippen LogP contribution in [-0.4, -0.2) is 30.3 Å². The highest BCUT2D eigenvalue weighted by molar-refractivity contribution is 5.79. The second-order valence-corrected chi connectivity index (χ2v) is 4.83. The number of ketones is 1. The Labute approximate surface area is 110 Å². The van der Waals surface area contributed by atoms with Crippen LogP contribution in [0.2, 0.25) is 0 Å². The lowest BCUT2D eigenvalue weighted by Crippen LogP contribution is -2.35. The average Bonchev–Trinajstić information content (AvgIpc) is 2.37. The molecular formula is C14H16F3NO. The standard InChI is InChI=1S/C14H16F3NO/c15-14(16,17)12-3-1-2-11(10-12)4-7-18-8-5-13(19)6-9-18/h1-3,10H,4-9H2. The maximum Gasteiger partial charge on any atom is 0.416 e. The summed E-state index contributed by atoms with van der Waals surface area (Å²) in [5, 5.41) is 0. The summed E-state index contributed by atoms with van der Waals surface area (Å²) in [4.78, 5) is 13.2. The molecule has 1 aromatic rings. The summed E-state index contributed by atoms with van der Waals surface area (Å²) >= 11 is 0. The number of nitrogens with zero attached hydrogens (tertiary/aromatic N) is 1. The van der Waals surface area contributed by atoms with Gasteiger partial charge in [-0.1, -0.05) is 18.2 Å². The molecule has 19 heavy (non-hydrogen) atoms. The molecule has 0 atom stereocenters. The summed E-state index contributed by atoms with van der Waals surface area (Å²) in [5.41, 5.74) is 0.0885. The predicted molar refractivity (Wildman–Crippen MR) is 65.8 cm³/mol. The summed E-state index contributed by atoms with van der Waals surface area (Å²) in [6.07, 6.45) is -2.59. The van der Waals surface area contributed by atoms with Crippen LogP contribution in [0.15, 0.2) is 24.3 Å². The normalized spacial score (nSPS) is 17.7. The van der Waals surface area contributed by atoms with Crippen LogP contribution in [0, 0.1) is 0 Å². The third-order valence-electron chi connectivity index (χ3n) is 3.38. The van der Waals surface area contributed by atoms with Crippen molar-refractivity contribution in [1.29, 1.82) is 0 Å². The number of likely N-dealkylation sites (tertiary alicyclic amines) is 1. The van der Waals surface area contributed by atoms with Crippen molar-refractivity contribution >= 4 is 5.78 Å². The smallest absolute Gasteiger partial charge is 0.302 e. The second-order valence-electron chi connectivity index (χ2n) is 4.83. The average molecular weight is 271 g/mol. The molecule has 1 heterocycles. The molecule has 2 rings (SSSR count). The summed E-state index contributed by atoms with van der Waals surface area (Å²) < 4.78 is 37.7. The fourth-order valence-electron chi connectivity index (χ4n) is 2.22. The molecule has 1 aliphatic rings. The van der Waals surface area contributed by atoms with Crippen LogP contribution in [0.5, 0.6) is 0 Å². The van der Waals surface area contributed by atoms with Gasteiger partial charge in [-0.25, -0.2) is 0 Å². The molecule has 0 radical (unpaired) electrons. The van der Waals surface area contributed by atoms with Gasteiger partial charge in [0.15, 0.2) is 0 Å². The number of halogens is 3. The lowest BCUT2D eigenvalue weighted by atomic mass is 10.1. The molecule has 1 aromatic carbocycles. The van der Waals surface area contributed by atoms with Gasteiger partial charge in [-0.05, 0) is 18.1 Å². The van der Waals surface area contributed by atoms with Crippen LogP contribution in [0.4, 0.5) is 13.2 Å². The predicted octanol–water partition coefficient (Wildman–Crippen LogP) is 2.91. The largest absolute Gasteiger partial charge is 0.416 e. The van der Waals surface area contributed by atoms with Gasteiger partial charge in [-0.15, -0.1) is 0 Å². The Hall–Kier alpha value is -1.36. The third kappa shape index (κ3) is 4.06. The van der Waals surface area contributed by atoms with Crippen molar-refractivity contribution in [3.8, 4) is 0 Å². The van der Waals surface area contributed by atoms with Crippen molar-refractivity contribution in [1.82, 2.24) is 4.90 Å². The van der Waals surface area contributed by atoms with Crippen molar-refractivity contribution < 1.29 is 18.0 Å². The molecule has 1 fully saturated rings. The Morgan fingerprint density at radius 3 is 2.47 bits per heavy atom. The highest BCUT2D eigenvalue weighted by Gasteiger charge is 2.30. The van der Waals surface area contributed by atoms with Crippen LogP contribution >= 0.6 is 0 Å². The van der Waals surface area contributed by atoms with Crippen molar-refractivity contribution in [3.63, 3.8) is 0 Å². The maximum absolute atomic E-state index is 12.6. The van der Waals surface area contributed by atoms with Crippen LogP contribution < -0.4 is 0 Å². The van der Waals surface area contributed by atoms with Crippen LogP contribution in [0.3, 0.4) is 0 Å². The molecule has 0 spiro atoms. The number of piperidine rings is 1. The first-order valence-corrected chi connectivity index (χ1v) is 6.35. The second kappa shape index (κ2) is 5.74. The maximum atomic E-state index is 12.6. The minimum absolute atomic E-state index is 0.273. The van der Waals surface area contributed by atoms with Gasteiger partial charge in [0.1, 0.15) is 5.78 Å². The number of rotatable bonds is 3. The molecule has 1 aliphatic heterocycles. The van der Waals surface area contributed by atoms with Gasteiger partial charge in [-0.2, -0.15) is 13.2 Å². The van der Waals surface area contributed by atoms with Crippen LogP contribution in [0.25, 0.3) is 0 Å². The SMILES string of the molecule is O=C1CCN(CCc2cccc(C(F)(F)F)c2)CC1. The Balaban J connectivity index is 1.91. The van der Waals surface area contributed by atoms with E-state index in [1.807, 2.05) is 0 Å². The lowest BCUT2D eigenvalue weighted by Gasteiger charge is -2.25. The van der Waals surface area contributed by atoms with E-state index < -0.39 is 11.7 Å². The number of carbonyl (C=O) groups is 1. The van der Waals surface area contributed by atoms with Crippen LogP contribution in [0.1, 0.15) is 24.0 Å². The molecule has 5 heteroatoms. The molecule has 0 amide bonds. The minimum atomic E-state index is -4.28. The van der Waals surface area contributed by atoms with Crippen molar-refractivity contribution in [2.45, 2.75) is 25.4 Å². The van der Waals surface area contributed by atoms with Crippen LogP contribution in [-0.2, 0) is 17.4 Å². The monoisotopic (exact) mass is 271 g/mol. The molecule has 0 N–H and O–H groups in total. The number of benzene rings is 1. The quantitative estimate of drug-likeness (QED) is 0.842. The number of alkyl halides is 3. The van der Waals surface area contributed by atoms with Gasteiger partial charge in [0, 0.05) is 32.5 Å². The molecule has 0 aromatic heterocycles. The molecular weight excluding hydrogens is 255 g/mol. The zero-order valence-corrected chi connectivity index (χ0v) is 10.5. The molecule has 0 aliphatic carbocycles. The van der Waals surface area contributed by atoms with Gasteiger partial charge in [0.2, 0.25) is 0 Å². The highest BCUT2D eigenvalue weighted by atomic mass is 19.4. The fraction of sp³-hybridized carbons (Fsp3) is 0.500. The Morgan fingerprint density at radius 1 is 1.16 bits per heavy atom. The zero-order chi connectivity index (χ0) is 13.9. The van der Waals surface area contributed by atoms with Crippen molar-refractivity contribution in [3.05, 3.63) is 35.4 Å². The summed E-state index contributed by atoms with van der Waals surface area (Å²) in [5.74, 6) is 0.273. The van der Waals surface area contributed by atoms with Gasteiger partial charge in [-0.3, -0.25) is 4.79 Å². The molecule has 2 nitrogen and oxygen atoms in total. The fourth-order valence-corrected chi connectivity index (χ4v) is 2.22. The van der Waals surface area contributed by atoms with E-state index in [2.05, 4.69) is 4.90 Å². The molecule has 104 valence electrons. The third-order valence-corrected chi connectivity index (χ3v) is 3.38. The molecule has 1 saturated heterocycles. The van der Waals surface area contributed by atoms with Gasteiger partial charge < -0.3 is 4.90 Å². The van der Waals surface area contributed by atoms with E-state index in [-0.39, 0.29) is 5.78 Å². The Morgan fingerprint density at radius 2 is 1.84 bits per heavy atom. The van der Waals surface area contributed by atoms with E-state index in [0.717, 1.165) is 19.2 Å². The summed E-state index contributed by atoms with van der Waals surface area (Å²) in [7, 11) is 0. The summed E-state index contributed by atoms with van der Waals surface area (Å²) in [6.45, 7) is 2.14. The van der Waals surface area contributed by atoms with Crippen molar-refractivity contribution in [2.75, 3.05) is 19.6 Å². The van der Waals surface area contributed by atoms with E-state index in [4.69, 9.17) is 0 Å². The van der Waals surface area contributed by atoms with Gasteiger partial charge in [0.25, 0.3) is 0 Å². The topological polar surface area (TPSA) is 20.3 Å². The number of Topliss-reactive ketones (excluding diaryl/α,β-unsaturated/α-hetero) is 1.